The molecule has 2 amide bonds. The van der Waals surface area contributed by atoms with Crippen LogP contribution in [0.15, 0.2) is 6.07 Å². The highest BCUT2D eigenvalue weighted by Gasteiger charge is 2.35. The van der Waals surface area contributed by atoms with Crippen LogP contribution in [0.1, 0.15) is 39.0 Å². The molecule has 0 saturated carbocycles. The highest BCUT2D eigenvalue weighted by Crippen LogP contribution is 2.35. The second-order valence-corrected chi connectivity index (χ2v) is 10.1. The van der Waals surface area contributed by atoms with Gasteiger partial charge in [-0.05, 0) is 33.3 Å². The first-order chi connectivity index (χ1) is 15.3. The zero-order valence-electron chi connectivity index (χ0n) is 19.2. The fourth-order valence-corrected chi connectivity index (χ4v) is 4.65. The molecule has 2 N–H and O–H groups in total. The van der Waals surface area contributed by atoms with E-state index in [-0.39, 0.29) is 19.6 Å². The maximum absolute atomic E-state index is 12.6. The van der Waals surface area contributed by atoms with Crippen molar-refractivity contribution in [1.82, 2.24) is 14.9 Å². The number of nitrogens with zero attached hydrogens (tertiary/aromatic N) is 5. The Morgan fingerprint density at radius 1 is 1.15 bits per heavy atom. The number of fused-ring (bicyclic) bond motifs is 1. The number of primary amides is 1. The highest BCUT2D eigenvalue weighted by atomic mass is 32.1. The van der Waals surface area contributed by atoms with Crippen LogP contribution in [-0.2, 0) is 16.0 Å². The number of aromatic nitrogens is 2. The zero-order valence-corrected chi connectivity index (χ0v) is 20.0. The average Bonchev–Trinajstić information content (AvgIpc) is 3.12. The van der Waals surface area contributed by atoms with E-state index in [2.05, 4.69) is 0 Å². The smallest absolute Gasteiger partial charge is 0.368 e. The van der Waals surface area contributed by atoms with Crippen molar-refractivity contribution >= 4 is 45.1 Å². The molecule has 0 bridgehead atoms. The van der Waals surface area contributed by atoms with E-state index in [9.17, 15) is 22.8 Å². The maximum atomic E-state index is 12.6. The molecule has 2 aromatic heterocycles. The van der Waals surface area contributed by atoms with Crippen LogP contribution in [0.4, 0.5) is 24.9 Å². The molecule has 0 spiro atoms. The van der Waals surface area contributed by atoms with Crippen molar-refractivity contribution in [2.45, 2.75) is 52.3 Å². The standard InChI is InChI=1S/C21H29F3N6O2S/c1-5-13-10-14-17(29-8-6-28(7-9-29)16(32)11-21(22,23)24)26-19(27-18(14)33-13)30(12-15(25)31)20(2,3)4/h10H,5-9,11-12H2,1-4H3,(H2,25,31). The monoisotopic (exact) mass is 486 g/mol. The number of nitrogens with two attached hydrogens (primary N) is 1. The number of anilines is 2. The van der Waals surface area contributed by atoms with Gasteiger partial charge in [0, 0.05) is 36.6 Å². The SMILES string of the molecule is CCc1cc2c(N3CCN(C(=O)CC(F)(F)F)CC3)nc(N(CC(N)=O)C(C)(C)C)nc2s1. The van der Waals surface area contributed by atoms with E-state index in [0.29, 0.717) is 24.9 Å². The number of alkyl halides is 3. The summed E-state index contributed by atoms with van der Waals surface area (Å²) in [7, 11) is 0. The maximum Gasteiger partial charge on any atom is 0.397 e. The number of aryl methyl sites for hydroxylation is 1. The molecule has 1 fully saturated rings. The number of carbonyl (C=O) groups is 2. The molecule has 0 aromatic carbocycles. The Morgan fingerprint density at radius 3 is 2.30 bits per heavy atom. The van der Waals surface area contributed by atoms with Gasteiger partial charge in [0.05, 0.1) is 5.39 Å². The van der Waals surface area contributed by atoms with E-state index < -0.39 is 30.0 Å². The van der Waals surface area contributed by atoms with Crippen LogP contribution in [0.25, 0.3) is 10.2 Å². The summed E-state index contributed by atoms with van der Waals surface area (Å²) in [5.74, 6) is -0.413. The number of piperazine rings is 1. The van der Waals surface area contributed by atoms with E-state index in [1.165, 1.54) is 16.2 Å². The summed E-state index contributed by atoms with van der Waals surface area (Å²) in [5, 5.41) is 0.851. The molecule has 0 unspecified atom stereocenters. The first-order valence-corrected chi connectivity index (χ1v) is 11.6. The Morgan fingerprint density at radius 2 is 1.79 bits per heavy atom. The van der Waals surface area contributed by atoms with Crippen molar-refractivity contribution in [3.8, 4) is 0 Å². The zero-order chi connectivity index (χ0) is 24.6. The van der Waals surface area contributed by atoms with Gasteiger partial charge in [0.15, 0.2) is 0 Å². The van der Waals surface area contributed by atoms with Crippen LogP contribution in [0.5, 0.6) is 0 Å². The molecule has 0 radical (unpaired) electrons. The predicted molar refractivity (Wildman–Crippen MR) is 123 cm³/mol. The first kappa shape index (κ1) is 25.0. The molecular formula is C21H29F3N6O2S. The van der Waals surface area contributed by atoms with E-state index in [1.54, 1.807) is 4.90 Å². The first-order valence-electron chi connectivity index (χ1n) is 10.7. The molecule has 0 atom stereocenters. The third-order valence-corrected chi connectivity index (χ3v) is 6.58. The van der Waals surface area contributed by atoms with Crippen molar-refractivity contribution < 1.29 is 22.8 Å². The number of halogens is 3. The van der Waals surface area contributed by atoms with Crippen molar-refractivity contribution in [2.75, 3.05) is 42.5 Å². The fraction of sp³-hybridized carbons (Fsp3) is 0.619. The molecule has 0 aliphatic carbocycles. The summed E-state index contributed by atoms with van der Waals surface area (Å²) in [6.07, 6.45) is -5.15. The summed E-state index contributed by atoms with van der Waals surface area (Å²) in [5.41, 5.74) is 4.99. The Hall–Kier alpha value is -2.63. The lowest BCUT2D eigenvalue weighted by molar-refractivity contribution is -0.161. The predicted octanol–water partition coefficient (Wildman–Crippen LogP) is 2.94. The van der Waals surface area contributed by atoms with Gasteiger partial charge < -0.3 is 20.4 Å². The van der Waals surface area contributed by atoms with Gasteiger partial charge in [0.1, 0.15) is 23.6 Å². The highest BCUT2D eigenvalue weighted by molar-refractivity contribution is 7.18. The van der Waals surface area contributed by atoms with E-state index in [0.717, 1.165) is 21.5 Å². The van der Waals surface area contributed by atoms with Crippen molar-refractivity contribution in [3.05, 3.63) is 10.9 Å². The van der Waals surface area contributed by atoms with Crippen LogP contribution in [0.3, 0.4) is 0 Å². The molecule has 33 heavy (non-hydrogen) atoms. The summed E-state index contributed by atoms with van der Waals surface area (Å²) in [4.78, 5) is 40.0. The molecule has 1 saturated heterocycles. The van der Waals surface area contributed by atoms with Crippen molar-refractivity contribution in [2.24, 2.45) is 5.73 Å². The summed E-state index contributed by atoms with van der Waals surface area (Å²) in [6, 6.07) is 2.02. The lowest BCUT2D eigenvalue weighted by Gasteiger charge is -2.37. The van der Waals surface area contributed by atoms with Gasteiger partial charge in [-0.15, -0.1) is 11.3 Å². The number of hydrogen-bond donors (Lipinski definition) is 1. The minimum absolute atomic E-state index is 0.0554. The van der Waals surface area contributed by atoms with Crippen LogP contribution < -0.4 is 15.5 Å². The van der Waals surface area contributed by atoms with Crippen molar-refractivity contribution in [1.29, 1.82) is 0 Å². The van der Waals surface area contributed by atoms with E-state index in [1.807, 2.05) is 38.7 Å². The minimum Gasteiger partial charge on any atom is -0.368 e. The van der Waals surface area contributed by atoms with Crippen LogP contribution in [0, 0.1) is 0 Å². The molecule has 1 aliphatic heterocycles. The van der Waals surface area contributed by atoms with E-state index >= 15 is 0 Å². The number of carbonyl (C=O) groups excluding carboxylic acids is 2. The third-order valence-electron chi connectivity index (χ3n) is 5.41. The van der Waals surface area contributed by atoms with Gasteiger partial charge in [-0.25, -0.2) is 4.98 Å². The third kappa shape index (κ3) is 6.04. The Labute approximate surface area is 194 Å². The summed E-state index contributed by atoms with van der Waals surface area (Å²) in [6.45, 7) is 8.81. The summed E-state index contributed by atoms with van der Waals surface area (Å²) < 4.78 is 37.8. The quantitative estimate of drug-likeness (QED) is 0.675. The van der Waals surface area contributed by atoms with Crippen LogP contribution in [0.2, 0.25) is 0 Å². The topological polar surface area (TPSA) is 95.7 Å². The molecule has 182 valence electrons. The van der Waals surface area contributed by atoms with Crippen molar-refractivity contribution in [3.63, 3.8) is 0 Å². The molecule has 3 heterocycles. The normalized spacial score (nSPS) is 15.2. The number of rotatable bonds is 6. The number of hydrogen-bond acceptors (Lipinski definition) is 7. The van der Waals surface area contributed by atoms with Gasteiger partial charge in [-0.3, -0.25) is 9.59 Å². The number of thiophene rings is 1. The largest absolute Gasteiger partial charge is 0.397 e. The molecule has 8 nitrogen and oxygen atoms in total. The second-order valence-electron chi connectivity index (χ2n) is 9.02. The Kier molecular flexibility index (Phi) is 7.06. The molecule has 2 aromatic rings. The van der Waals surface area contributed by atoms with Gasteiger partial charge >= 0.3 is 6.18 Å². The lowest BCUT2D eigenvalue weighted by atomic mass is 10.1. The van der Waals surface area contributed by atoms with Gasteiger partial charge in [0.25, 0.3) is 0 Å². The van der Waals surface area contributed by atoms with Crippen LogP contribution in [-0.4, -0.2) is 71.1 Å². The fourth-order valence-electron chi connectivity index (χ4n) is 3.70. The minimum atomic E-state index is -4.52. The molecule has 12 heteroatoms. The second kappa shape index (κ2) is 9.32. The Balaban J connectivity index is 1.94. The average molecular weight is 487 g/mol. The number of amides is 2. The van der Waals surface area contributed by atoms with Gasteiger partial charge in [-0.2, -0.15) is 18.2 Å². The van der Waals surface area contributed by atoms with Crippen LogP contribution >= 0.6 is 11.3 Å². The van der Waals surface area contributed by atoms with Gasteiger partial charge in [0.2, 0.25) is 17.8 Å². The molecular weight excluding hydrogens is 457 g/mol. The summed E-state index contributed by atoms with van der Waals surface area (Å²) >= 11 is 1.54. The van der Waals surface area contributed by atoms with Gasteiger partial charge in [-0.1, -0.05) is 6.92 Å². The lowest BCUT2D eigenvalue weighted by Crippen LogP contribution is -2.50. The molecule has 3 rings (SSSR count). The van der Waals surface area contributed by atoms with E-state index in [4.69, 9.17) is 15.7 Å². The molecule has 1 aliphatic rings. The Bertz CT molecular complexity index is 1030.